The molecule has 2 amide bonds. The largest absolute Gasteiger partial charge is 0.480 e. The zero-order valence-corrected chi connectivity index (χ0v) is 11.3. The van der Waals surface area contributed by atoms with Crippen molar-refractivity contribution in [3.05, 3.63) is 0 Å². The van der Waals surface area contributed by atoms with Gasteiger partial charge in [-0.05, 0) is 20.3 Å². The first-order valence-corrected chi connectivity index (χ1v) is 6.47. The summed E-state index contributed by atoms with van der Waals surface area (Å²) in [6, 6.07) is -1.46. The van der Waals surface area contributed by atoms with Gasteiger partial charge in [-0.3, -0.25) is 0 Å². The lowest BCUT2D eigenvalue weighted by Gasteiger charge is -2.32. The van der Waals surface area contributed by atoms with Gasteiger partial charge in [-0.15, -0.1) is 0 Å². The van der Waals surface area contributed by atoms with Crippen molar-refractivity contribution >= 4 is 12.0 Å². The van der Waals surface area contributed by atoms with Gasteiger partial charge in [0.25, 0.3) is 0 Å². The second-order valence-corrected chi connectivity index (χ2v) is 5.04. The number of amides is 2. The van der Waals surface area contributed by atoms with Crippen LogP contribution in [0.15, 0.2) is 0 Å². The van der Waals surface area contributed by atoms with E-state index in [2.05, 4.69) is 0 Å². The molecule has 0 spiro atoms. The van der Waals surface area contributed by atoms with E-state index in [0.717, 1.165) is 0 Å². The molecule has 0 bridgehead atoms. The minimum absolute atomic E-state index is 0.0263. The number of aliphatic hydroxyl groups is 2. The summed E-state index contributed by atoms with van der Waals surface area (Å²) in [7, 11) is 0. The second kappa shape index (κ2) is 6.72. The minimum atomic E-state index is -1.10. The van der Waals surface area contributed by atoms with Crippen LogP contribution >= 0.6 is 0 Å². The Morgan fingerprint density at radius 2 is 2.05 bits per heavy atom. The minimum Gasteiger partial charge on any atom is -0.480 e. The fraction of sp³-hybridized carbons (Fsp3) is 0.833. The van der Waals surface area contributed by atoms with Gasteiger partial charge in [0.2, 0.25) is 0 Å². The zero-order chi connectivity index (χ0) is 14.6. The Morgan fingerprint density at radius 1 is 1.42 bits per heavy atom. The van der Waals surface area contributed by atoms with E-state index in [0.29, 0.717) is 13.0 Å². The van der Waals surface area contributed by atoms with Crippen LogP contribution in [0.1, 0.15) is 26.7 Å². The fourth-order valence-corrected chi connectivity index (χ4v) is 2.24. The quantitative estimate of drug-likeness (QED) is 0.640. The predicted octanol–water partition coefficient (Wildman–Crippen LogP) is -0.281. The van der Waals surface area contributed by atoms with Crippen molar-refractivity contribution in [3.63, 3.8) is 0 Å². The zero-order valence-electron chi connectivity index (χ0n) is 11.3. The molecule has 0 radical (unpaired) electrons. The Kier molecular flexibility index (Phi) is 5.56. The van der Waals surface area contributed by atoms with Crippen LogP contribution < -0.4 is 0 Å². The first-order valence-electron chi connectivity index (χ1n) is 6.47. The highest BCUT2D eigenvalue weighted by atomic mass is 16.4. The molecular weight excluding hydrogens is 252 g/mol. The lowest BCUT2D eigenvalue weighted by Crippen LogP contribution is -2.50. The number of carbonyl (C=O) groups excluding carboxylic acids is 1. The highest BCUT2D eigenvalue weighted by Gasteiger charge is 2.40. The van der Waals surface area contributed by atoms with E-state index in [9.17, 15) is 14.7 Å². The van der Waals surface area contributed by atoms with Gasteiger partial charge in [0.15, 0.2) is 0 Å². The normalized spacial score (nSPS) is 22.9. The molecule has 0 aromatic rings. The molecule has 110 valence electrons. The van der Waals surface area contributed by atoms with Crippen molar-refractivity contribution in [2.24, 2.45) is 0 Å². The van der Waals surface area contributed by atoms with Crippen LogP contribution in [0.2, 0.25) is 0 Å². The van der Waals surface area contributed by atoms with Crippen molar-refractivity contribution < 1.29 is 24.9 Å². The smallest absolute Gasteiger partial charge is 0.326 e. The van der Waals surface area contributed by atoms with Crippen molar-refractivity contribution in [2.45, 2.75) is 44.9 Å². The molecule has 1 fully saturated rings. The summed E-state index contributed by atoms with van der Waals surface area (Å²) in [5.41, 5.74) is 0. The van der Waals surface area contributed by atoms with E-state index < -0.39 is 24.1 Å². The van der Waals surface area contributed by atoms with Gasteiger partial charge in [-0.25, -0.2) is 9.59 Å². The molecule has 7 nitrogen and oxygen atoms in total. The molecule has 1 aliphatic heterocycles. The maximum Gasteiger partial charge on any atom is 0.326 e. The third-order valence-corrected chi connectivity index (χ3v) is 3.24. The van der Waals surface area contributed by atoms with Crippen LogP contribution in [-0.2, 0) is 4.79 Å². The molecule has 0 saturated carbocycles. The number of nitrogens with zero attached hydrogens (tertiary/aromatic N) is 2. The highest BCUT2D eigenvalue weighted by molar-refractivity contribution is 5.83. The van der Waals surface area contributed by atoms with Gasteiger partial charge in [-0.1, -0.05) is 0 Å². The summed E-state index contributed by atoms with van der Waals surface area (Å²) in [4.78, 5) is 26.2. The van der Waals surface area contributed by atoms with Crippen LogP contribution in [0, 0.1) is 0 Å². The van der Waals surface area contributed by atoms with Gasteiger partial charge in [0.1, 0.15) is 6.04 Å². The number of β-amino-alcohol motifs (C(OH)–C–C–N with tert-alkyl or cyclic N) is 1. The average Bonchev–Trinajstić information content (AvgIpc) is 2.71. The molecule has 1 rings (SSSR count). The van der Waals surface area contributed by atoms with Crippen LogP contribution in [0.4, 0.5) is 4.79 Å². The lowest BCUT2D eigenvalue weighted by atomic mass is 10.2. The SMILES string of the molecule is CC(C)N(CCCO)C(=O)N1C[C@@H](O)C[C@H]1C(=O)O. The summed E-state index contributed by atoms with van der Waals surface area (Å²) >= 11 is 0. The Balaban J connectivity index is 2.80. The second-order valence-electron chi connectivity index (χ2n) is 5.04. The Bertz CT molecular complexity index is 334. The first kappa shape index (κ1) is 15.7. The molecule has 3 N–H and O–H groups in total. The van der Waals surface area contributed by atoms with E-state index in [4.69, 9.17) is 10.2 Å². The number of carbonyl (C=O) groups is 2. The standard InChI is InChI=1S/C12H22N2O5/c1-8(2)13(4-3-5-15)12(19)14-7-9(16)6-10(14)11(17)18/h8-10,15-16H,3-7H2,1-2H3,(H,17,18)/t9-,10-/m0/s1. The number of carboxylic acid groups (broad SMARTS) is 1. The topological polar surface area (TPSA) is 101 Å². The first-order chi connectivity index (χ1) is 8.88. The molecule has 19 heavy (non-hydrogen) atoms. The number of urea groups is 1. The Labute approximate surface area is 112 Å². The monoisotopic (exact) mass is 274 g/mol. The van der Waals surface area contributed by atoms with Gasteiger partial charge >= 0.3 is 12.0 Å². The van der Waals surface area contributed by atoms with Crippen molar-refractivity contribution in [1.29, 1.82) is 0 Å². The number of hydrogen-bond acceptors (Lipinski definition) is 4. The molecule has 0 aliphatic carbocycles. The van der Waals surface area contributed by atoms with Gasteiger partial charge in [0.05, 0.1) is 6.10 Å². The average molecular weight is 274 g/mol. The van der Waals surface area contributed by atoms with Crippen LogP contribution in [0.25, 0.3) is 0 Å². The summed E-state index contributed by atoms with van der Waals surface area (Å²) in [6.07, 6.45) is -0.290. The summed E-state index contributed by atoms with van der Waals surface area (Å²) < 4.78 is 0. The van der Waals surface area contributed by atoms with Gasteiger partial charge < -0.3 is 25.1 Å². The molecule has 1 aliphatic rings. The molecule has 1 heterocycles. The maximum atomic E-state index is 12.3. The van der Waals surface area contributed by atoms with Gasteiger partial charge in [0, 0.05) is 32.2 Å². The van der Waals surface area contributed by atoms with E-state index in [1.165, 1.54) is 9.80 Å². The molecule has 1 saturated heterocycles. The van der Waals surface area contributed by atoms with Crippen LogP contribution in [0.5, 0.6) is 0 Å². The summed E-state index contributed by atoms with van der Waals surface area (Å²) in [5.74, 6) is -1.10. The lowest BCUT2D eigenvalue weighted by molar-refractivity contribution is -0.141. The number of carboxylic acids is 1. The van der Waals surface area contributed by atoms with E-state index >= 15 is 0 Å². The van der Waals surface area contributed by atoms with Gasteiger partial charge in [-0.2, -0.15) is 0 Å². The molecule has 7 heteroatoms. The van der Waals surface area contributed by atoms with Crippen molar-refractivity contribution in [1.82, 2.24) is 9.80 Å². The summed E-state index contributed by atoms with van der Waals surface area (Å²) in [6.45, 7) is 4.04. The van der Waals surface area contributed by atoms with Crippen LogP contribution in [0.3, 0.4) is 0 Å². The van der Waals surface area contributed by atoms with Crippen molar-refractivity contribution in [3.8, 4) is 0 Å². The molecule has 2 atom stereocenters. The highest BCUT2D eigenvalue weighted by Crippen LogP contribution is 2.21. The van der Waals surface area contributed by atoms with E-state index in [1.54, 1.807) is 0 Å². The van der Waals surface area contributed by atoms with E-state index in [-0.39, 0.29) is 25.6 Å². The fourth-order valence-electron chi connectivity index (χ4n) is 2.24. The number of hydrogen-bond donors (Lipinski definition) is 3. The molecule has 0 aromatic carbocycles. The number of aliphatic carboxylic acids is 1. The Morgan fingerprint density at radius 3 is 2.53 bits per heavy atom. The third kappa shape index (κ3) is 3.81. The van der Waals surface area contributed by atoms with Crippen LogP contribution in [-0.4, -0.2) is 75.0 Å². The van der Waals surface area contributed by atoms with E-state index in [1.807, 2.05) is 13.8 Å². The molecular formula is C12H22N2O5. The Hall–Kier alpha value is -1.34. The predicted molar refractivity (Wildman–Crippen MR) is 67.7 cm³/mol. The molecule has 0 unspecified atom stereocenters. The molecule has 0 aromatic heterocycles. The number of rotatable bonds is 5. The van der Waals surface area contributed by atoms with Crippen molar-refractivity contribution in [2.75, 3.05) is 19.7 Å². The third-order valence-electron chi connectivity index (χ3n) is 3.24. The summed E-state index contributed by atoms with van der Waals surface area (Å²) in [5, 5.41) is 27.5. The number of likely N-dealkylation sites (tertiary alicyclic amines) is 1. The maximum absolute atomic E-state index is 12.3. The number of aliphatic hydroxyl groups excluding tert-OH is 2.